The molecule has 1 unspecified atom stereocenters. The molecule has 0 radical (unpaired) electrons. The number of nitrogens with two attached hydrogens (primary N) is 1. The summed E-state index contributed by atoms with van der Waals surface area (Å²) in [6.07, 6.45) is -0.486. The molecule has 0 aliphatic carbocycles. The quantitative estimate of drug-likeness (QED) is 0.481. The third kappa shape index (κ3) is 4.96. The van der Waals surface area contributed by atoms with Crippen LogP contribution in [-0.2, 0) is 19.1 Å². The highest BCUT2D eigenvalue weighted by molar-refractivity contribution is 5.89. The van der Waals surface area contributed by atoms with E-state index >= 15 is 0 Å². The van der Waals surface area contributed by atoms with Gasteiger partial charge < -0.3 is 20.9 Å². The molecular formula is C8H14N2O5. The first-order valence-corrected chi connectivity index (χ1v) is 4.24. The fraction of sp³-hybridized carbons (Fsp3) is 0.625. The highest BCUT2D eigenvalue weighted by atomic mass is 16.5. The van der Waals surface area contributed by atoms with Gasteiger partial charge in [0.2, 0.25) is 5.91 Å². The average Bonchev–Trinajstić information content (AvgIpc) is 2.15. The summed E-state index contributed by atoms with van der Waals surface area (Å²) in [6, 6.07) is -2.02. The summed E-state index contributed by atoms with van der Waals surface area (Å²) in [4.78, 5) is 32.3. The maximum Gasteiger partial charge on any atom is 0.328 e. The Morgan fingerprint density at radius 1 is 1.47 bits per heavy atom. The maximum atomic E-state index is 11.2. The molecule has 4 N–H and O–H groups in total. The Morgan fingerprint density at radius 3 is 2.40 bits per heavy atom. The zero-order valence-electron chi connectivity index (χ0n) is 8.52. The summed E-state index contributed by atoms with van der Waals surface area (Å²) in [7, 11) is 1.18. The van der Waals surface area contributed by atoms with Crippen molar-refractivity contribution in [2.75, 3.05) is 7.11 Å². The van der Waals surface area contributed by atoms with E-state index in [4.69, 9.17) is 10.8 Å². The molecule has 0 saturated carbocycles. The Morgan fingerprint density at radius 2 is 2.00 bits per heavy atom. The average molecular weight is 218 g/mol. The number of ether oxygens (including phenoxy) is 1. The van der Waals surface area contributed by atoms with Crippen LogP contribution in [-0.4, -0.2) is 42.1 Å². The van der Waals surface area contributed by atoms with Crippen LogP contribution in [0.5, 0.6) is 0 Å². The molecular weight excluding hydrogens is 204 g/mol. The first kappa shape index (κ1) is 13.4. The molecule has 0 aromatic rings. The van der Waals surface area contributed by atoms with Gasteiger partial charge in [-0.25, -0.2) is 4.79 Å². The van der Waals surface area contributed by atoms with Crippen LogP contribution >= 0.6 is 0 Å². The largest absolute Gasteiger partial charge is 0.481 e. The number of carboxylic acids is 1. The number of methoxy groups -OCH3 is 1. The highest BCUT2D eigenvalue weighted by Gasteiger charge is 2.21. The van der Waals surface area contributed by atoms with Crippen LogP contribution in [0, 0.1) is 0 Å². The zero-order chi connectivity index (χ0) is 12.0. The van der Waals surface area contributed by atoms with Gasteiger partial charge in [0.05, 0.1) is 19.6 Å². The number of carbonyl (C=O) groups excluding carboxylic acids is 2. The van der Waals surface area contributed by atoms with E-state index in [1.165, 1.54) is 14.0 Å². The molecule has 0 aliphatic rings. The van der Waals surface area contributed by atoms with E-state index in [2.05, 4.69) is 10.1 Å². The van der Waals surface area contributed by atoms with Crippen molar-refractivity contribution in [2.24, 2.45) is 5.73 Å². The monoisotopic (exact) mass is 218 g/mol. The number of hydrogen-bond acceptors (Lipinski definition) is 5. The minimum absolute atomic E-state index is 0.486. The van der Waals surface area contributed by atoms with Crippen molar-refractivity contribution in [1.29, 1.82) is 0 Å². The van der Waals surface area contributed by atoms with E-state index in [1.54, 1.807) is 0 Å². The third-order valence-electron chi connectivity index (χ3n) is 1.64. The lowest BCUT2D eigenvalue weighted by Crippen LogP contribution is -2.48. The van der Waals surface area contributed by atoms with Gasteiger partial charge in [-0.05, 0) is 6.92 Å². The first-order valence-electron chi connectivity index (χ1n) is 4.24. The molecule has 0 rings (SSSR count). The van der Waals surface area contributed by atoms with Gasteiger partial charge in [-0.1, -0.05) is 0 Å². The number of amides is 1. The Balaban J connectivity index is 4.12. The van der Waals surface area contributed by atoms with Crippen LogP contribution in [0.4, 0.5) is 0 Å². The van der Waals surface area contributed by atoms with Gasteiger partial charge in [0.15, 0.2) is 0 Å². The second-order valence-electron chi connectivity index (χ2n) is 2.96. The lowest BCUT2D eigenvalue weighted by atomic mass is 10.2. The van der Waals surface area contributed by atoms with Crippen molar-refractivity contribution in [3.05, 3.63) is 0 Å². The van der Waals surface area contributed by atoms with Crippen molar-refractivity contribution in [3.8, 4) is 0 Å². The predicted octanol–water partition coefficient (Wildman–Crippen LogP) is -1.53. The number of esters is 1. The molecule has 0 bridgehead atoms. The number of carbonyl (C=O) groups is 3. The van der Waals surface area contributed by atoms with E-state index in [1.807, 2.05) is 0 Å². The molecule has 0 heterocycles. The molecule has 7 heteroatoms. The van der Waals surface area contributed by atoms with Crippen molar-refractivity contribution in [2.45, 2.75) is 25.4 Å². The van der Waals surface area contributed by atoms with Crippen molar-refractivity contribution in [1.82, 2.24) is 5.32 Å². The lowest BCUT2D eigenvalue weighted by Gasteiger charge is -2.14. The van der Waals surface area contributed by atoms with Crippen LogP contribution in [0.2, 0.25) is 0 Å². The minimum Gasteiger partial charge on any atom is -0.481 e. The van der Waals surface area contributed by atoms with E-state index in [0.29, 0.717) is 0 Å². The van der Waals surface area contributed by atoms with E-state index in [9.17, 15) is 14.4 Å². The minimum atomic E-state index is -1.18. The van der Waals surface area contributed by atoms with Crippen LogP contribution in [0.1, 0.15) is 13.3 Å². The van der Waals surface area contributed by atoms with Crippen LogP contribution in [0.25, 0.3) is 0 Å². The molecule has 0 aromatic carbocycles. The van der Waals surface area contributed by atoms with Gasteiger partial charge in [-0.3, -0.25) is 9.59 Å². The summed E-state index contributed by atoms with van der Waals surface area (Å²) in [5.41, 5.74) is 5.26. The van der Waals surface area contributed by atoms with Gasteiger partial charge in [0.25, 0.3) is 0 Å². The molecule has 0 aliphatic heterocycles. The summed E-state index contributed by atoms with van der Waals surface area (Å²) >= 11 is 0. The molecule has 0 aromatic heterocycles. The standard InChI is InChI=1S/C8H14N2O5/c1-4(8(14)15-2)10-7(13)5(9)3-6(11)12/h4-5H,3,9H2,1-2H3,(H,10,13)(H,11,12)/t4-,5?/m0/s1. The van der Waals surface area contributed by atoms with Crippen molar-refractivity contribution in [3.63, 3.8) is 0 Å². The Bertz CT molecular complexity index is 266. The van der Waals surface area contributed by atoms with Gasteiger partial charge in [-0.2, -0.15) is 0 Å². The number of aliphatic carboxylic acids is 1. The van der Waals surface area contributed by atoms with Crippen molar-refractivity contribution >= 4 is 17.8 Å². The number of carboxylic acid groups (broad SMARTS) is 1. The molecule has 0 saturated heterocycles. The fourth-order valence-electron chi connectivity index (χ4n) is 0.837. The molecule has 2 atom stereocenters. The molecule has 0 spiro atoms. The van der Waals surface area contributed by atoms with Gasteiger partial charge >= 0.3 is 11.9 Å². The molecule has 7 nitrogen and oxygen atoms in total. The molecule has 1 amide bonds. The summed E-state index contributed by atoms with van der Waals surface area (Å²) in [6.45, 7) is 1.41. The second kappa shape index (κ2) is 5.97. The van der Waals surface area contributed by atoms with Crippen LogP contribution in [0.15, 0.2) is 0 Å². The third-order valence-corrected chi connectivity index (χ3v) is 1.64. The molecule has 15 heavy (non-hydrogen) atoms. The zero-order valence-corrected chi connectivity index (χ0v) is 8.52. The van der Waals surface area contributed by atoms with Gasteiger partial charge in [0, 0.05) is 0 Å². The molecule has 0 fully saturated rings. The topological polar surface area (TPSA) is 119 Å². The van der Waals surface area contributed by atoms with Crippen LogP contribution in [0.3, 0.4) is 0 Å². The predicted molar refractivity (Wildman–Crippen MR) is 49.8 cm³/mol. The normalized spacial score (nSPS) is 13.8. The second-order valence-corrected chi connectivity index (χ2v) is 2.96. The van der Waals surface area contributed by atoms with E-state index in [0.717, 1.165) is 0 Å². The van der Waals surface area contributed by atoms with Gasteiger partial charge in [-0.15, -0.1) is 0 Å². The summed E-state index contributed by atoms with van der Waals surface area (Å²) in [5, 5.41) is 10.6. The highest BCUT2D eigenvalue weighted by Crippen LogP contribution is 1.92. The lowest BCUT2D eigenvalue weighted by molar-refractivity contribution is -0.144. The SMILES string of the molecule is COC(=O)[C@H](C)NC(=O)C(N)CC(=O)O. The van der Waals surface area contributed by atoms with E-state index in [-0.39, 0.29) is 0 Å². The van der Waals surface area contributed by atoms with Crippen molar-refractivity contribution < 1.29 is 24.2 Å². The maximum absolute atomic E-state index is 11.2. The first-order chi connectivity index (χ1) is 6.88. The summed E-state index contributed by atoms with van der Waals surface area (Å²) in [5.74, 6) is -2.50. The number of rotatable bonds is 5. The Labute approximate surface area is 86.6 Å². The van der Waals surface area contributed by atoms with Gasteiger partial charge in [0.1, 0.15) is 6.04 Å². The Kier molecular flexibility index (Phi) is 5.32. The van der Waals surface area contributed by atoms with Crippen LogP contribution < -0.4 is 11.1 Å². The Hall–Kier alpha value is -1.63. The summed E-state index contributed by atoms with van der Waals surface area (Å²) < 4.78 is 4.36. The fourth-order valence-corrected chi connectivity index (χ4v) is 0.837. The van der Waals surface area contributed by atoms with E-state index < -0.39 is 36.4 Å². The number of nitrogens with one attached hydrogen (secondary N) is 1. The molecule has 86 valence electrons. The smallest absolute Gasteiger partial charge is 0.328 e. The number of hydrogen-bond donors (Lipinski definition) is 3.